The lowest BCUT2D eigenvalue weighted by Crippen LogP contribution is -2.44. The molecule has 2 heterocycles. The van der Waals surface area contributed by atoms with Crippen LogP contribution in [-0.2, 0) is 11.3 Å². The molecule has 1 unspecified atom stereocenters. The number of aryl methyl sites for hydroxylation is 3. The third kappa shape index (κ3) is 7.79. The standard InChI is InChI=1S/C18H34N6O.HI/c1-5-19-18(21-14-17(4)23-9-11-25-12-10-23)20-7-6-8-24-16(3)13-15(2)22-24;/h13,17H,5-12,14H2,1-4H3,(H2,19,20,21);1H. The summed E-state index contributed by atoms with van der Waals surface area (Å²) in [4.78, 5) is 7.19. The first-order valence-electron chi connectivity index (χ1n) is 9.45. The van der Waals surface area contributed by atoms with Gasteiger partial charge in [-0.1, -0.05) is 0 Å². The van der Waals surface area contributed by atoms with Crippen LogP contribution in [-0.4, -0.2) is 72.6 Å². The normalized spacial score (nSPS) is 16.8. The van der Waals surface area contributed by atoms with Crippen molar-refractivity contribution in [2.75, 3.05) is 45.9 Å². The largest absolute Gasteiger partial charge is 0.379 e. The highest BCUT2D eigenvalue weighted by molar-refractivity contribution is 14.0. The molecule has 0 aromatic carbocycles. The fourth-order valence-electron chi connectivity index (χ4n) is 3.04. The zero-order chi connectivity index (χ0) is 18.1. The van der Waals surface area contributed by atoms with E-state index in [4.69, 9.17) is 9.73 Å². The molecule has 1 atom stereocenters. The fourth-order valence-corrected chi connectivity index (χ4v) is 3.04. The fraction of sp³-hybridized carbons (Fsp3) is 0.778. The van der Waals surface area contributed by atoms with Gasteiger partial charge in [-0.3, -0.25) is 14.6 Å². The molecule has 7 nitrogen and oxygen atoms in total. The second kappa shape index (κ2) is 12.5. The Labute approximate surface area is 175 Å². The zero-order valence-electron chi connectivity index (χ0n) is 16.6. The molecule has 1 aromatic heterocycles. The van der Waals surface area contributed by atoms with Gasteiger partial charge in [0.25, 0.3) is 0 Å². The quantitative estimate of drug-likeness (QED) is 0.258. The van der Waals surface area contributed by atoms with Crippen LogP contribution in [0.2, 0.25) is 0 Å². The molecule has 0 saturated carbocycles. The topological polar surface area (TPSA) is 66.7 Å². The molecule has 1 aliphatic heterocycles. The van der Waals surface area contributed by atoms with Crippen molar-refractivity contribution < 1.29 is 4.74 Å². The second-order valence-corrected chi connectivity index (χ2v) is 6.65. The number of aromatic nitrogens is 2. The van der Waals surface area contributed by atoms with Crippen LogP contribution in [0.5, 0.6) is 0 Å². The van der Waals surface area contributed by atoms with Gasteiger partial charge >= 0.3 is 0 Å². The van der Waals surface area contributed by atoms with Crippen molar-refractivity contribution in [2.24, 2.45) is 4.99 Å². The van der Waals surface area contributed by atoms with Gasteiger partial charge in [0.2, 0.25) is 0 Å². The van der Waals surface area contributed by atoms with Crippen molar-refractivity contribution in [1.29, 1.82) is 0 Å². The van der Waals surface area contributed by atoms with E-state index in [9.17, 15) is 0 Å². The van der Waals surface area contributed by atoms with Crippen LogP contribution in [0.15, 0.2) is 11.1 Å². The van der Waals surface area contributed by atoms with Crippen molar-refractivity contribution in [2.45, 2.75) is 46.7 Å². The summed E-state index contributed by atoms with van der Waals surface area (Å²) in [6.45, 7) is 15.6. The van der Waals surface area contributed by atoms with Gasteiger partial charge in [-0.2, -0.15) is 5.10 Å². The molecule has 1 saturated heterocycles. The Kier molecular flexibility index (Phi) is 11.1. The van der Waals surface area contributed by atoms with Crippen LogP contribution < -0.4 is 10.6 Å². The smallest absolute Gasteiger partial charge is 0.191 e. The molecule has 0 radical (unpaired) electrons. The lowest BCUT2D eigenvalue weighted by molar-refractivity contribution is 0.0220. The second-order valence-electron chi connectivity index (χ2n) is 6.65. The maximum Gasteiger partial charge on any atom is 0.191 e. The van der Waals surface area contributed by atoms with E-state index in [0.29, 0.717) is 6.04 Å². The molecular weight excluding hydrogens is 443 g/mol. The number of guanidine groups is 1. The van der Waals surface area contributed by atoms with Gasteiger partial charge in [0.1, 0.15) is 0 Å². The van der Waals surface area contributed by atoms with Crippen molar-refractivity contribution in [3.8, 4) is 0 Å². The summed E-state index contributed by atoms with van der Waals surface area (Å²) < 4.78 is 7.49. The molecule has 1 fully saturated rings. The van der Waals surface area contributed by atoms with Crippen LogP contribution in [0.4, 0.5) is 0 Å². The predicted molar refractivity (Wildman–Crippen MR) is 118 cm³/mol. The summed E-state index contributed by atoms with van der Waals surface area (Å²) >= 11 is 0. The minimum atomic E-state index is 0. The van der Waals surface area contributed by atoms with Crippen LogP contribution in [0.1, 0.15) is 31.7 Å². The van der Waals surface area contributed by atoms with Gasteiger partial charge in [-0.05, 0) is 40.2 Å². The highest BCUT2D eigenvalue weighted by Crippen LogP contribution is 2.04. The highest BCUT2D eigenvalue weighted by atomic mass is 127. The molecule has 2 N–H and O–H groups in total. The van der Waals surface area contributed by atoms with Gasteiger partial charge in [0.05, 0.1) is 25.5 Å². The number of hydrogen-bond donors (Lipinski definition) is 2. The number of morpholine rings is 1. The van der Waals surface area contributed by atoms with E-state index in [1.807, 2.05) is 6.92 Å². The third-order valence-electron chi connectivity index (χ3n) is 4.47. The average molecular weight is 478 g/mol. The number of rotatable bonds is 8. The Bertz CT molecular complexity index is 542. The van der Waals surface area contributed by atoms with E-state index < -0.39 is 0 Å². The molecule has 0 bridgehead atoms. The number of nitrogens with zero attached hydrogens (tertiary/aromatic N) is 4. The molecule has 1 aromatic rings. The van der Waals surface area contributed by atoms with E-state index in [1.54, 1.807) is 0 Å². The van der Waals surface area contributed by atoms with Crippen molar-refractivity contribution in [3.63, 3.8) is 0 Å². The number of nitrogens with one attached hydrogen (secondary N) is 2. The first-order chi connectivity index (χ1) is 12.1. The van der Waals surface area contributed by atoms with E-state index >= 15 is 0 Å². The van der Waals surface area contributed by atoms with E-state index in [-0.39, 0.29) is 24.0 Å². The molecule has 0 spiro atoms. The number of hydrogen-bond acceptors (Lipinski definition) is 4. The lowest BCUT2D eigenvalue weighted by atomic mass is 10.2. The SMILES string of the molecule is CCNC(=NCC(C)N1CCOCC1)NCCCn1nc(C)cc1C.I. The maximum absolute atomic E-state index is 5.42. The van der Waals surface area contributed by atoms with Crippen molar-refractivity contribution in [3.05, 3.63) is 17.5 Å². The zero-order valence-corrected chi connectivity index (χ0v) is 19.0. The molecule has 26 heavy (non-hydrogen) atoms. The van der Waals surface area contributed by atoms with Gasteiger partial charge in [-0.25, -0.2) is 0 Å². The molecule has 2 rings (SSSR count). The average Bonchev–Trinajstić information content (AvgIpc) is 2.94. The van der Waals surface area contributed by atoms with E-state index in [0.717, 1.165) is 70.6 Å². The first-order valence-corrected chi connectivity index (χ1v) is 9.45. The van der Waals surface area contributed by atoms with Crippen LogP contribution in [0.25, 0.3) is 0 Å². The molecule has 150 valence electrons. The molecule has 0 aliphatic carbocycles. The summed E-state index contributed by atoms with van der Waals surface area (Å²) in [5.74, 6) is 0.899. The predicted octanol–water partition coefficient (Wildman–Crippen LogP) is 1.78. The lowest BCUT2D eigenvalue weighted by Gasteiger charge is -2.31. The summed E-state index contributed by atoms with van der Waals surface area (Å²) in [5, 5.41) is 11.3. The monoisotopic (exact) mass is 478 g/mol. The van der Waals surface area contributed by atoms with Crippen LogP contribution in [0, 0.1) is 13.8 Å². The summed E-state index contributed by atoms with van der Waals surface area (Å²) in [5.41, 5.74) is 2.30. The van der Waals surface area contributed by atoms with Gasteiger partial charge in [0.15, 0.2) is 5.96 Å². The Morgan fingerprint density at radius 1 is 1.31 bits per heavy atom. The maximum atomic E-state index is 5.42. The number of ether oxygens (including phenoxy) is 1. The van der Waals surface area contributed by atoms with Crippen molar-refractivity contribution in [1.82, 2.24) is 25.3 Å². The summed E-state index contributed by atoms with van der Waals surface area (Å²) in [6.07, 6.45) is 1.02. The van der Waals surface area contributed by atoms with Gasteiger partial charge in [0, 0.05) is 44.5 Å². The Hall–Kier alpha value is -0.870. The minimum Gasteiger partial charge on any atom is -0.379 e. The highest BCUT2D eigenvalue weighted by Gasteiger charge is 2.16. The molecular formula is C18H35IN6O. The number of halogens is 1. The van der Waals surface area contributed by atoms with Crippen LogP contribution in [0.3, 0.4) is 0 Å². The summed E-state index contributed by atoms with van der Waals surface area (Å²) in [6, 6.07) is 2.56. The third-order valence-corrected chi connectivity index (χ3v) is 4.47. The van der Waals surface area contributed by atoms with Gasteiger partial charge < -0.3 is 15.4 Å². The van der Waals surface area contributed by atoms with E-state index in [1.165, 1.54) is 5.69 Å². The molecule has 8 heteroatoms. The Morgan fingerprint density at radius 2 is 2.04 bits per heavy atom. The number of aliphatic imine (C=N–C) groups is 1. The van der Waals surface area contributed by atoms with E-state index in [2.05, 4.69) is 52.2 Å². The Balaban J connectivity index is 0.00000338. The minimum absolute atomic E-state index is 0. The molecule has 0 amide bonds. The van der Waals surface area contributed by atoms with Crippen molar-refractivity contribution >= 4 is 29.9 Å². The first kappa shape index (κ1) is 23.2. The van der Waals surface area contributed by atoms with Gasteiger partial charge in [-0.15, -0.1) is 24.0 Å². The molecule has 1 aliphatic rings. The van der Waals surface area contributed by atoms with Crippen LogP contribution >= 0.6 is 24.0 Å². The Morgan fingerprint density at radius 3 is 2.65 bits per heavy atom. The summed E-state index contributed by atoms with van der Waals surface area (Å²) in [7, 11) is 0.